The first-order chi connectivity index (χ1) is 9.91. The summed E-state index contributed by atoms with van der Waals surface area (Å²) in [4.78, 5) is 37.0. The van der Waals surface area contributed by atoms with Crippen LogP contribution in [0.15, 0.2) is 24.3 Å². The van der Waals surface area contributed by atoms with Crippen molar-refractivity contribution in [3.8, 4) is 0 Å². The van der Waals surface area contributed by atoms with E-state index in [1.807, 2.05) is 0 Å². The predicted molar refractivity (Wildman–Crippen MR) is 75.6 cm³/mol. The van der Waals surface area contributed by atoms with E-state index in [-0.39, 0.29) is 30.9 Å². The Bertz CT molecular complexity index is 548. The average molecular weight is 290 g/mol. The number of fused-ring (bicyclic) bond motifs is 1. The van der Waals surface area contributed by atoms with Crippen molar-refractivity contribution in [3.63, 3.8) is 0 Å². The number of rotatable bonds is 5. The summed E-state index contributed by atoms with van der Waals surface area (Å²) < 4.78 is 4.99. The van der Waals surface area contributed by atoms with E-state index in [4.69, 9.17) is 10.5 Å². The van der Waals surface area contributed by atoms with E-state index < -0.39 is 12.0 Å². The number of esters is 1. The van der Waals surface area contributed by atoms with Crippen LogP contribution in [0.2, 0.25) is 0 Å². The van der Waals surface area contributed by atoms with E-state index in [0.717, 1.165) is 4.90 Å². The third-order valence-electron chi connectivity index (χ3n) is 3.20. The van der Waals surface area contributed by atoms with Crippen LogP contribution in [0.25, 0.3) is 0 Å². The molecule has 6 nitrogen and oxygen atoms in total. The van der Waals surface area contributed by atoms with E-state index in [9.17, 15) is 14.4 Å². The van der Waals surface area contributed by atoms with Gasteiger partial charge in [-0.15, -0.1) is 0 Å². The minimum Gasteiger partial charge on any atom is -0.462 e. The number of nitrogens with zero attached hydrogens (tertiary/aromatic N) is 1. The maximum Gasteiger partial charge on any atom is 0.323 e. The second kappa shape index (κ2) is 6.05. The number of ether oxygens (including phenoxy) is 1. The molecule has 1 atom stereocenters. The van der Waals surface area contributed by atoms with Crippen LogP contribution < -0.4 is 5.73 Å². The zero-order valence-electron chi connectivity index (χ0n) is 12.0. The van der Waals surface area contributed by atoms with Crippen molar-refractivity contribution in [2.45, 2.75) is 32.4 Å². The van der Waals surface area contributed by atoms with Gasteiger partial charge in [-0.25, -0.2) is 0 Å². The quantitative estimate of drug-likeness (QED) is 0.644. The molecule has 0 bridgehead atoms. The minimum absolute atomic E-state index is 0.0979. The number of hydrogen-bond donors (Lipinski definition) is 1. The number of hydrogen-bond acceptors (Lipinski definition) is 5. The first kappa shape index (κ1) is 15.2. The molecule has 0 fully saturated rings. The van der Waals surface area contributed by atoms with Gasteiger partial charge in [0.1, 0.15) is 6.04 Å². The third-order valence-corrected chi connectivity index (χ3v) is 3.20. The highest BCUT2D eigenvalue weighted by molar-refractivity contribution is 6.21. The fourth-order valence-corrected chi connectivity index (χ4v) is 2.15. The van der Waals surface area contributed by atoms with Crippen molar-refractivity contribution in [1.29, 1.82) is 0 Å². The predicted octanol–water partition coefficient (Wildman–Crippen LogP) is 0.952. The van der Waals surface area contributed by atoms with Crippen molar-refractivity contribution in [3.05, 3.63) is 35.4 Å². The maximum absolute atomic E-state index is 12.1. The Hall–Kier alpha value is -2.21. The van der Waals surface area contributed by atoms with Crippen LogP contribution >= 0.6 is 0 Å². The smallest absolute Gasteiger partial charge is 0.323 e. The normalized spacial score (nSPS) is 15.3. The van der Waals surface area contributed by atoms with Crippen LogP contribution in [0.3, 0.4) is 0 Å². The molecule has 0 saturated heterocycles. The van der Waals surface area contributed by atoms with Crippen LogP contribution in [0, 0.1) is 0 Å². The number of imide groups is 1. The zero-order chi connectivity index (χ0) is 15.6. The van der Waals surface area contributed by atoms with E-state index in [1.165, 1.54) is 0 Å². The molecular weight excluding hydrogens is 272 g/mol. The Morgan fingerprint density at radius 3 is 2.19 bits per heavy atom. The van der Waals surface area contributed by atoms with Gasteiger partial charge in [-0.05, 0) is 32.4 Å². The molecule has 112 valence electrons. The van der Waals surface area contributed by atoms with Crippen LogP contribution in [0.1, 0.15) is 41.0 Å². The second-order valence-electron chi connectivity index (χ2n) is 5.19. The molecular formula is C15H18N2O4. The Kier molecular flexibility index (Phi) is 4.37. The highest BCUT2D eigenvalue weighted by Gasteiger charge is 2.35. The van der Waals surface area contributed by atoms with Crippen LogP contribution in [0.5, 0.6) is 0 Å². The molecule has 21 heavy (non-hydrogen) atoms. The molecule has 2 N–H and O–H groups in total. The van der Waals surface area contributed by atoms with Gasteiger partial charge in [-0.2, -0.15) is 0 Å². The van der Waals surface area contributed by atoms with Gasteiger partial charge < -0.3 is 10.5 Å². The van der Waals surface area contributed by atoms with Gasteiger partial charge in [0.05, 0.1) is 17.2 Å². The number of amides is 2. The van der Waals surface area contributed by atoms with E-state index in [0.29, 0.717) is 11.1 Å². The van der Waals surface area contributed by atoms with E-state index >= 15 is 0 Å². The van der Waals surface area contributed by atoms with Gasteiger partial charge in [0.25, 0.3) is 11.8 Å². The molecule has 0 saturated carbocycles. The number of benzene rings is 1. The average Bonchev–Trinajstić information content (AvgIpc) is 2.68. The maximum atomic E-state index is 12.1. The number of carbonyl (C=O) groups is 3. The lowest BCUT2D eigenvalue weighted by Crippen LogP contribution is -2.39. The van der Waals surface area contributed by atoms with Crippen molar-refractivity contribution in [1.82, 2.24) is 4.90 Å². The van der Waals surface area contributed by atoms with E-state index in [2.05, 4.69) is 0 Å². The Balaban J connectivity index is 1.98. The summed E-state index contributed by atoms with van der Waals surface area (Å²) in [6, 6.07) is 5.79. The van der Waals surface area contributed by atoms with Gasteiger partial charge >= 0.3 is 5.97 Å². The Morgan fingerprint density at radius 2 is 1.71 bits per heavy atom. The summed E-state index contributed by atoms with van der Waals surface area (Å²) >= 11 is 0. The van der Waals surface area contributed by atoms with Crippen LogP contribution in [-0.4, -0.2) is 41.4 Å². The molecule has 1 aliphatic heterocycles. The molecule has 1 unspecified atom stereocenters. The highest BCUT2D eigenvalue weighted by atomic mass is 16.5. The summed E-state index contributed by atoms with van der Waals surface area (Å²) in [5.74, 6) is -1.22. The molecule has 0 radical (unpaired) electrons. The molecule has 0 spiro atoms. The van der Waals surface area contributed by atoms with Crippen LogP contribution in [0.4, 0.5) is 0 Å². The molecule has 6 heteroatoms. The summed E-state index contributed by atoms with van der Waals surface area (Å²) in [7, 11) is 0. The number of carbonyl (C=O) groups excluding carboxylic acids is 3. The van der Waals surface area contributed by atoms with Crippen molar-refractivity contribution in [2.75, 3.05) is 6.54 Å². The Morgan fingerprint density at radius 1 is 1.19 bits per heavy atom. The summed E-state index contributed by atoms with van der Waals surface area (Å²) in [5.41, 5.74) is 6.50. The van der Waals surface area contributed by atoms with Crippen LogP contribution in [-0.2, 0) is 9.53 Å². The third kappa shape index (κ3) is 3.11. The molecule has 1 aromatic rings. The Labute approximate surface area is 122 Å². The number of nitrogens with two attached hydrogens (primary N) is 1. The second-order valence-corrected chi connectivity index (χ2v) is 5.19. The molecule has 1 aromatic carbocycles. The first-order valence-corrected chi connectivity index (χ1v) is 6.83. The lowest BCUT2D eigenvalue weighted by Gasteiger charge is -2.17. The molecule has 0 aromatic heterocycles. The molecule has 0 aliphatic carbocycles. The standard InChI is InChI=1S/C15H18N2O4/c1-9(2)21-15(20)12(16)7-8-17-13(18)10-5-3-4-6-11(10)14(17)19/h3-6,9,12H,7-8,16H2,1-2H3. The zero-order valence-corrected chi connectivity index (χ0v) is 12.0. The first-order valence-electron chi connectivity index (χ1n) is 6.83. The van der Waals surface area contributed by atoms with Crippen molar-refractivity contribution >= 4 is 17.8 Å². The molecule has 2 rings (SSSR count). The summed E-state index contributed by atoms with van der Waals surface area (Å²) in [6.45, 7) is 3.56. The van der Waals surface area contributed by atoms with Crippen molar-refractivity contribution < 1.29 is 19.1 Å². The monoisotopic (exact) mass is 290 g/mol. The lowest BCUT2D eigenvalue weighted by molar-refractivity contribution is -0.149. The largest absolute Gasteiger partial charge is 0.462 e. The summed E-state index contributed by atoms with van der Waals surface area (Å²) in [6.07, 6.45) is -0.0698. The van der Waals surface area contributed by atoms with Gasteiger partial charge in [-0.3, -0.25) is 19.3 Å². The fraction of sp³-hybridized carbons (Fsp3) is 0.400. The molecule has 2 amide bonds. The fourth-order valence-electron chi connectivity index (χ4n) is 2.15. The van der Waals surface area contributed by atoms with E-state index in [1.54, 1.807) is 38.1 Å². The topological polar surface area (TPSA) is 89.7 Å². The highest BCUT2D eigenvalue weighted by Crippen LogP contribution is 2.22. The SMILES string of the molecule is CC(C)OC(=O)C(N)CCN1C(=O)c2ccccc2C1=O. The van der Waals surface area contributed by atoms with Gasteiger partial charge in [0.15, 0.2) is 0 Å². The molecule has 1 aliphatic rings. The van der Waals surface area contributed by atoms with Gasteiger partial charge in [0, 0.05) is 6.54 Å². The summed E-state index contributed by atoms with van der Waals surface area (Å²) in [5, 5.41) is 0. The van der Waals surface area contributed by atoms with Gasteiger partial charge in [-0.1, -0.05) is 12.1 Å². The lowest BCUT2D eigenvalue weighted by atomic mass is 10.1. The molecule has 1 heterocycles. The van der Waals surface area contributed by atoms with Gasteiger partial charge in [0.2, 0.25) is 0 Å². The van der Waals surface area contributed by atoms with Crippen molar-refractivity contribution in [2.24, 2.45) is 5.73 Å². The minimum atomic E-state index is -0.850.